The maximum Gasteiger partial charge on any atom is 0.246 e. The lowest BCUT2D eigenvalue weighted by Gasteiger charge is -2.14. The first-order chi connectivity index (χ1) is 8.72. The first kappa shape index (κ1) is 12.6. The Hall–Kier alpha value is -1.82. The predicted molar refractivity (Wildman–Crippen MR) is 64.3 cm³/mol. The smallest absolute Gasteiger partial charge is 0.246 e. The van der Waals surface area contributed by atoms with E-state index in [9.17, 15) is 9.59 Å². The molecule has 0 bridgehead atoms. The number of aromatic nitrogens is 2. The van der Waals surface area contributed by atoms with Crippen LogP contribution < -0.4 is 5.32 Å². The van der Waals surface area contributed by atoms with Crippen LogP contribution >= 0.6 is 0 Å². The fourth-order valence-corrected chi connectivity index (χ4v) is 1.96. The molecule has 6 nitrogen and oxygen atoms in total. The number of hydrogen-bond donors (Lipinski definition) is 1. The lowest BCUT2D eigenvalue weighted by Crippen LogP contribution is -2.38. The first-order valence-corrected chi connectivity index (χ1v) is 6.06. The van der Waals surface area contributed by atoms with E-state index in [1.165, 1.54) is 4.90 Å². The molecule has 2 heterocycles. The van der Waals surface area contributed by atoms with E-state index in [-0.39, 0.29) is 18.2 Å². The van der Waals surface area contributed by atoms with E-state index in [2.05, 4.69) is 15.5 Å². The molecule has 0 aromatic carbocycles. The van der Waals surface area contributed by atoms with Crippen LogP contribution in [0.15, 0.2) is 18.3 Å². The van der Waals surface area contributed by atoms with Crippen molar-refractivity contribution in [2.24, 2.45) is 0 Å². The number of imide groups is 1. The van der Waals surface area contributed by atoms with Crippen molar-refractivity contribution in [3.05, 3.63) is 24.0 Å². The molecule has 96 valence electrons. The third-order valence-electron chi connectivity index (χ3n) is 2.85. The quantitative estimate of drug-likeness (QED) is 0.748. The number of carbonyl (C=O) groups excluding carboxylic acids is 2. The number of nitrogens with zero attached hydrogens (tertiary/aromatic N) is 3. The van der Waals surface area contributed by atoms with Crippen LogP contribution in [0.4, 0.5) is 0 Å². The van der Waals surface area contributed by atoms with Crippen LogP contribution in [0.5, 0.6) is 0 Å². The Labute approximate surface area is 105 Å². The molecule has 1 fully saturated rings. The maximum absolute atomic E-state index is 11.9. The average molecular weight is 248 g/mol. The lowest BCUT2D eigenvalue weighted by molar-refractivity contribution is -0.138. The standard InChI is InChI=1S/C12H16N4O2/c1-2-6-16-11(17)7-10(12(16)18)13-8-9-4-3-5-14-15-9/h3-5,10,13H,2,6-8H2,1H3. The number of amides is 2. The Morgan fingerprint density at radius 2 is 2.33 bits per heavy atom. The van der Waals surface area contributed by atoms with Gasteiger partial charge in [-0.3, -0.25) is 19.8 Å². The third-order valence-corrected chi connectivity index (χ3v) is 2.85. The molecule has 1 N–H and O–H groups in total. The van der Waals surface area contributed by atoms with Crippen molar-refractivity contribution in [2.75, 3.05) is 6.54 Å². The predicted octanol–water partition coefficient (Wildman–Crippen LogP) is 0.104. The normalized spacial score (nSPS) is 19.6. The second kappa shape index (κ2) is 5.68. The lowest BCUT2D eigenvalue weighted by atomic mass is 10.2. The van der Waals surface area contributed by atoms with Crippen molar-refractivity contribution < 1.29 is 9.59 Å². The van der Waals surface area contributed by atoms with Crippen LogP contribution in [0.3, 0.4) is 0 Å². The summed E-state index contributed by atoms with van der Waals surface area (Å²) in [6, 6.07) is 3.19. The minimum absolute atomic E-state index is 0.0986. The van der Waals surface area contributed by atoms with Crippen molar-refractivity contribution in [2.45, 2.75) is 32.4 Å². The van der Waals surface area contributed by atoms with Crippen LogP contribution in [0.2, 0.25) is 0 Å². The second-order valence-corrected chi connectivity index (χ2v) is 4.24. The van der Waals surface area contributed by atoms with Gasteiger partial charge < -0.3 is 0 Å². The van der Waals surface area contributed by atoms with Gasteiger partial charge in [0.25, 0.3) is 0 Å². The molecule has 1 unspecified atom stereocenters. The van der Waals surface area contributed by atoms with Crippen molar-refractivity contribution in [3.63, 3.8) is 0 Å². The van der Waals surface area contributed by atoms with Gasteiger partial charge in [0.2, 0.25) is 11.8 Å². The Morgan fingerprint density at radius 3 is 3.00 bits per heavy atom. The second-order valence-electron chi connectivity index (χ2n) is 4.24. The monoisotopic (exact) mass is 248 g/mol. The van der Waals surface area contributed by atoms with Gasteiger partial charge in [0, 0.05) is 19.3 Å². The van der Waals surface area contributed by atoms with E-state index in [0.717, 1.165) is 12.1 Å². The molecule has 1 aromatic heterocycles. The zero-order valence-corrected chi connectivity index (χ0v) is 10.3. The van der Waals surface area contributed by atoms with Gasteiger partial charge in [-0.05, 0) is 18.6 Å². The van der Waals surface area contributed by atoms with Crippen LogP contribution in [0, 0.1) is 0 Å². The molecule has 1 aromatic rings. The Bertz CT molecular complexity index is 435. The van der Waals surface area contributed by atoms with Crippen molar-refractivity contribution in [3.8, 4) is 0 Å². The van der Waals surface area contributed by atoms with E-state index < -0.39 is 6.04 Å². The Kier molecular flexibility index (Phi) is 3.99. The first-order valence-electron chi connectivity index (χ1n) is 6.06. The average Bonchev–Trinajstić information content (AvgIpc) is 2.66. The van der Waals surface area contributed by atoms with Gasteiger partial charge >= 0.3 is 0 Å². The number of likely N-dealkylation sites (tertiary alicyclic amines) is 1. The number of nitrogens with one attached hydrogen (secondary N) is 1. The highest BCUT2D eigenvalue weighted by Gasteiger charge is 2.37. The highest BCUT2D eigenvalue weighted by atomic mass is 16.2. The summed E-state index contributed by atoms with van der Waals surface area (Å²) in [5.74, 6) is -0.232. The molecular formula is C12H16N4O2. The molecular weight excluding hydrogens is 232 g/mol. The fourth-order valence-electron chi connectivity index (χ4n) is 1.96. The van der Waals surface area contributed by atoms with Crippen LogP contribution in [-0.4, -0.2) is 39.5 Å². The van der Waals surface area contributed by atoms with Crippen LogP contribution in [0.25, 0.3) is 0 Å². The van der Waals surface area contributed by atoms with Gasteiger partial charge in [-0.25, -0.2) is 0 Å². The number of carbonyl (C=O) groups is 2. The highest BCUT2D eigenvalue weighted by Crippen LogP contribution is 2.13. The van der Waals surface area contributed by atoms with E-state index in [1.807, 2.05) is 13.0 Å². The molecule has 0 aliphatic carbocycles. The Balaban J connectivity index is 1.91. The van der Waals surface area contributed by atoms with Crippen LogP contribution in [0.1, 0.15) is 25.5 Å². The summed E-state index contributed by atoms with van der Waals surface area (Å²) < 4.78 is 0. The van der Waals surface area contributed by atoms with E-state index >= 15 is 0 Å². The summed E-state index contributed by atoms with van der Waals surface area (Å²) in [4.78, 5) is 24.9. The molecule has 0 radical (unpaired) electrons. The Morgan fingerprint density at radius 1 is 1.50 bits per heavy atom. The van der Waals surface area contributed by atoms with Gasteiger partial charge in [-0.2, -0.15) is 10.2 Å². The van der Waals surface area contributed by atoms with Crippen molar-refractivity contribution in [1.82, 2.24) is 20.4 Å². The van der Waals surface area contributed by atoms with E-state index in [0.29, 0.717) is 13.1 Å². The zero-order chi connectivity index (χ0) is 13.0. The molecule has 18 heavy (non-hydrogen) atoms. The molecule has 1 aliphatic rings. The van der Waals surface area contributed by atoms with Gasteiger partial charge in [0.1, 0.15) is 0 Å². The maximum atomic E-state index is 11.9. The molecule has 1 saturated heterocycles. The molecule has 2 rings (SSSR count). The SMILES string of the molecule is CCCN1C(=O)CC(NCc2cccnn2)C1=O. The number of hydrogen-bond acceptors (Lipinski definition) is 5. The minimum atomic E-state index is -0.425. The number of rotatable bonds is 5. The van der Waals surface area contributed by atoms with Gasteiger partial charge in [-0.1, -0.05) is 6.92 Å². The van der Waals surface area contributed by atoms with Gasteiger partial charge in [0.15, 0.2) is 0 Å². The summed E-state index contributed by atoms with van der Waals surface area (Å²) in [6.07, 6.45) is 2.62. The fraction of sp³-hybridized carbons (Fsp3) is 0.500. The largest absolute Gasteiger partial charge is 0.300 e. The molecule has 0 saturated carbocycles. The van der Waals surface area contributed by atoms with Gasteiger partial charge in [-0.15, -0.1) is 0 Å². The topological polar surface area (TPSA) is 75.2 Å². The molecule has 6 heteroatoms. The summed E-state index contributed by atoms with van der Waals surface area (Å²) in [7, 11) is 0. The minimum Gasteiger partial charge on any atom is -0.300 e. The zero-order valence-electron chi connectivity index (χ0n) is 10.3. The van der Waals surface area contributed by atoms with Gasteiger partial charge in [0.05, 0.1) is 18.2 Å². The summed E-state index contributed by atoms with van der Waals surface area (Å²) >= 11 is 0. The van der Waals surface area contributed by atoms with Crippen molar-refractivity contribution in [1.29, 1.82) is 0 Å². The molecule has 1 aliphatic heterocycles. The highest BCUT2D eigenvalue weighted by molar-refractivity contribution is 6.05. The molecule has 1 atom stereocenters. The molecule has 2 amide bonds. The van der Waals surface area contributed by atoms with Crippen LogP contribution in [-0.2, 0) is 16.1 Å². The summed E-state index contributed by atoms with van der Waals surface area (Å²) in [5.41, 5.74) is 0.756. The van der Waals surface area contributed by atoms with E-state index in [4.69, 9.17) is 0 Å². The third kappa shape index (κ3) is 2.70. The summed E-state index contributed by atoms with van der Waals surface area (Å²) in [5, 5.41) is 10.7. The van der Waals surface area contributed by atoms with E-state index in [1.54, 1.807) is 12.3 Å². The summed E-state index contributed by atoms with van der Waals surface area (Å²) in [6.45, 7) is 2.89. The van der Waals surface area contributed by atoms with Crippen molar-refractivity contribution >= 4 is 11.8 Å². The molecule has 0 spiro atoms.